The van der Waals surface area contributed by atoms with E-state index in [0.29, 0.717) is 18.0 Å². The molecule has 1 aromatic rings. The minimum absolute atomic E-state index is 0.193. The van der Waals surface area contributed by atoms with Gasteiger partial charge in [-0.25, -0.2) is 4.98 Å². The third kappa shape index (κ3) is 2.26. The molecule has 0 aliphatic heterocycles. The number of nitrogens with zero attached hydrogens (tertiary/aromatic N) is 2. The quantitative estimate of drug-likeness (QED) is 0.702. The van der Waals surface area contributed by atoms with Gasteiger partial charge in [0, 0.05) is 12.4 Å². The van der Waals surface area contributed by atoms with Crippen LogP contribution in [-0.2, 0) is 0 Å². The van der Waals surface area contributed by atoms with E-state index in [1.54, 1.807) is 25.6 Å². The first kappa shape index (κ1) is 9.67. The van der Waals surface area contributed by atoms with E-state index in [4.69, 9.17) is 10.5 Å². The van der Waals surface area contributed by atoms with Crippen molar-refractivity contribution in [2.24, 2.45) is 5.73 Å². The first-order valence-electron chi connectivity index (χ1n) is 4.01. The smallest absolute Gasteiger partial charge is 0.236 e. The molecule has 1 heterocycles. The molecule has 0 saturated heterocycles. The van der Waals surface area contributed by atoms with Crippen molar-refractivity contribution in [2.45, 2.75) is 12.5 Å². The van der Waals surface area contributed by atoms with Crippen LogP contribution in [0.5, 0.6) is 5.88 Å². The summed E-state index contributed by atoms with van der Waals surface area (Å²) in [6.45, 7) is 3.61. The molecule has 0 saturated carbocycles. The molecule has 2 N–H and O–H groups in total. The fourth-order valence-electron chi connectivity index (χ4n) is 1.04. The fourth-order valence-corrected chi connectivity index (χ4v) is 1.04. The lowest BCUT2D eigenvalue weighted by Gasteiger charge is -2.10. The summed E-state index contributed by atoms with van der Waals surface area (Å²) in [5.74, 6) is 0.483. The fraction of sp³-hybridized carbons (Fsp3) is 0.333. The normalized spacial score (nSPS) is 12.2. The summed E-state index contributed by atoms with van der Waals surface area (Å²) in [7, 11) is 1.55. The number of hydrogen-bond donors (Lipinski definition) is 1. The van der Waals surface area contributed by atoms with Crippen LogP contribution in [0.3, 0.4) is 0 Å². The Hall–Kier alpha value is -1.42. The molecule has 4 heteroatoms. The van der Waals surface area contributed by atoms with Crippen LogP contribution in [0.15, 0.2) is 25.0 Å². The zero-order valence-corrected chi connectivity index (χ0v) is 7.60. The Morgan fingerprint density at radius 1 is 1.62 bits per heavy atom. The minimum atomic E-state index is -0.193. The van der Waals surface area contributed by atoms with E-state index in [9.17, 15) is 0 Å². The maximum atomic E-state index is 5.83. The number of methoxy groups -OCH3 is 1. The first-order chi connectivity index (χ1) is 6.29. The second kappa shape index (κ2) is 4.57. The zero-order chi connectivity index (χ0) is 9.68. The summed E-state index contributed by atoms with van der Waals surface area (Å²) in [5, 5.41) is 0. The van der Waals surface area contributed by atoms with Gasteiger partial charge in [-0.1, -0.05) is 6.08 Å². The van der Waals surface area contributed by atoms with Gasteiger partial charge in [-0.2, -0.15) is 0 Å². The average Bonchev–Trinajstić information content (AvgIpc) is 2.18. The maximum Gasteiger partial charge on any atom is 0.236 e. The Balaban J connectivity index is 2.91. The second-order valence-electron chi connectivity index (χ2n) is 2.58. The summed E-state index contributed by atoms with van der Waals surface area (Å²) < 4.78 is 5.02. The van der Waals surface area contributed by atoms with E-state index in [-0.39, 0.29) is 6.04 Å². The summed E-state index contributed by atoms with van der Waals surface area (Å²) >= 11 is 0. The van der Waals surface area contributed by atoms with Crippen LogP contribution in [0.25, 0.3) is 0 Å². The highest BCUT2D eigenvalue weighted by atomic mass is 16.5. The van der Waals surface area contributed by atoms with Gasteiger partial charge < -0.3 is 10.5 Å². The molecule has 0 fully saturated rings. The highest BCUT2D eigenvalue weighted by Gasteiger charge is 2.12. The van der Waals surface area contributed by atoms with Gasteiger partial charge in [0.15, 0.2) is 0 Å². The molecule has 0 aliphatic rings. The van der Waals surface area contributed by atoms with Crippen LogP contribution >= 0.6 is 0 Å². The van der Waals surface area contributed by atoms with Gasteiger partial charge in [-0.3, -0.25) is 4.98 Å². The highest BCUT2D eigenvalue weighted by molar-refractivity contribution is 5.21. The van der Waals surface area contributed by atoms with E-state index in [1.807, 2.05) is 0 Å². The Kier molecular flexibility index (Phi) is 3.40. The van der Waals surface area contributed by atoms with Crippen molar-refractivity contribution in [1.29, 1.82) is 0 Å². The third-order valence-electron chi connectivity index (χ3n) is 1.66. The molecule has 0 radical (unpaired) electrons. The molecule has 1 unspecified atom stereocenters. The molecule has 0 amide bonds. The second-order valence-corrected chi connectivity index (χ2v) is 2.58. The average molecular weight is 179 g/mol. The van der Waals surface area contributed by atoms with Gasteiger partial charge in [0.05, 0.1) is 13.2 Å². The molecule has 70 valence electrons. The molecule has 0 aromatic carbocycles. The van der Waals surface area contributed by atoms with Crippen LogP contribution in [-0.4, -0.2) is 17.1 Å². The zero-order valence-electron chi connectivity index (χ0n) is 7.60. The summed E-state index contributed by atoms with van der Waals surface area (Å²) in [4.78, 5) is 8.11. The summed E-state index contributed by atoms with van der Waals surface area (Å²) in [6.07, 6.45) is 5.58. The predicted octanol–water partition coefficient (Wildman–Crippen LogP) is 1.06. The summed E-state index contributed by atoms with van der Waals surface area (Å²) in [6, 6.07) is -0.193. The SMILES string of the molecule is C=CCC(N)c1nccnc1OC. The molecule has 0 aliphatic carbocycles. The number of rotatable bonds is 4. The Labute approximate surface area is 77.5 Å². The van der Waals surface area contributed by atoms with Crippen molar-refractivity contribution in [3.8, 4) is 5.88 Å². The monoisotopic (exact) mass is 179 g/mol. The molecule has 1 rings (SSSR count). The van der Waals surface area contributed by atoms with Gasteiger partial charge in [0.2, 0.25) is 5.88 Å². The standard InChI is InChI=1S/C9H13N3O/c1-3-4-7(10)8-9(13-2)12-6-5-11-8/h3,5-7H,1,4,10H2,2H3. The Morgan fingerprint density at radius 2 is 2.31 bits per heavy atom. The van der Waals surface area contributed by atoms with E-state index in [0.717, 1.165) is 0 Å². The minimum Gasteiger partial charge on any atom is -0.480 e. The molecule has 1 aromatic heterocycles. The molecule has 0 spiro atoms. The van der Waals surface area contributed by atoms with Crippen molar-refractivity contribution >= 4 is 0 Å². The van der Waals surface area contributed by atoms with Crippen LogP contribution < -0.4 is 10.5 Å². The lowest BCUT2D eigenvalue weighted by atomic mass is 10.1. The molecule has 4 nitrogen and oxygen atoms in total. The molecular weight excluding hydrogens is 166 g/mol. The topological polar surface area (TPSA) is 61.0 Å². The van der Waals surface area contributed by atoms with Crippen molar-refractivity contribution in [3.63, 3.8) is 0 Å². The molecule has 0 bridgehead atoms. The lowest BCUT2D eigenvalue weighted by Crippen LogP contribution is -2.13. The van der Waals surface area contributed by atoms with E-state index in [2.05, 4.69) is 16.5 Å². The number of ether oxygens (including phenoxy) is 1. The van der Waals surface area contributed by atoms with Gasteiger partial charge in [0.25, 0.3) is 0 Å². The third-order valence-corrected chi connectivity index (χ3v) is 1.66. The number of hydrogen-bond acceptors (Lipinski definition) is 4. The molecule has 1 atom stereocenters. The van der Waals surface area contributed by atoms with E-state index < -0.39 is 0 Å². The van der Waals surface area contributed by atoms with Crippen LogP contribution in [0, 0.1) is 0 Å². The van der Waals surface area contributed by atoms with Crippen molar-refractivity contribution in [2.75, 3.05) is 7.11 Å². The van der Waals surface area contributed by atoms with Gasteiger partial charge >= 0.3 is 0 Å². The Morgan fingerprint density at radius 3 is 2.92 bits per heavy atom. The van der Waals surface area contributed by atoms with Gasteiger partial charge in [-0.05, 0) is 6.42 Å². The molecular formula is C9H13N3O. The van der Waals surface area contributed by atoms with Crippen molar-refractivity contribution < 1.29 is 4.74 Å². The predicted molar refractivity (Wildman–Crippen MR) is 50.3 cm³/mol. The van der Waals surface area contributed by atoms with E-state index >= 15 is 0 Å². The van der Waals surface area contributed by atoms with Crippen molar-refractivity contribution in [3.05, 3.63) is 30.7 Å². The maximum absolute atomic E-state index is 5.83. The van der Waals surface area contributed by atoms with Crippen LogP contribution in [0.1, 0.15) is 18.2 Å². The van der Waals surface area contributed by atoms with Gasteiger partial charge in [0.1, 0.15) is 5.69 Å². The van der Waals surface area contributed by atoms with Crippen LogP contribution in [0.4, 0.5) is 0 Å². The molecule has 13 heavy (non-hydrogen) atoms. The largest absolute Gasteiger partial charge is 0.480 e. The Bertz CT molecular complexity index is 288. The number of aromatic nitrogens is 2. The highest BCUT2D eigenvalue weighted by Crippen LogP contribution is 2.19. The first-order valence-corrected chi connectivity index (χ1v) is 4.01. The number of nitrogens with two attached hydrogens (primary N) is 1. The van der Waals surface area contributed by atoms with Crippen LogP contribution in [0.2, 0.25) is 0 Å². The van der Waals surface area contributed by atoms with E-state index in [1.165, 1.54) is 0 Å². The van der Waals surface area contributed by atoms with Crippen molar-refractivity contribution in [1.82, 2.24) is 9.97 Å². The van der Waals surface area contributed by atoms with Gasteiger partial charge in [-0.15, -0.1) is 6.58 Å². The summed E-state index contributed by atoms with van der Waals surface area (Å²) in [5.41, 5.74) is 6.50. The lowest BCUT2D eigenvalue weighted by molar-refractivity contribution is 0.384.